The summed E-state index contributed by atoms with van der Waals surface area (Å²) in [7, 11) is -0.648. The molecule has 2 aliphatic rings. The van der Waals surface area contributed by atoms with Crippen LogP contribution in [0.15, 0.2) is 0 Å². The third-order valence-electron chi connectivity index (χ3n) is 1.67. The minimum Gasteiger partial charge on any atom is -0.321 e. The quantitative estimate of drug-likeness (QED) is 0.500. The Bertz CT molecular complexity index is 137. The number of hydrogen-bond donors (Lipinski definition) is 0. The van der Waals surface area contributed by atoms with E-state index in [9.17, 15) is 0 Å². The molecule has 58 valence electrons. The van der Waals surface area contributed by atoms with Crippen LogP contribution in [0, 0.1) is 0 Å². The number of nitrogens with zero attached hydrogens (tertiary/aromatic N) is 1. The van der Waals surface area contributed by atoms with E-state index in [0.29, 0.717) is 0 Å². The number of hydrogen-bond acceptors (Lipinski definition) is 3. The third kappa shape index (κ3) is 1.08. The highest BCUT2D eigenvalue weighted by atomic mass is 31.2. The molecule has 0 amide bonds. The van der Waals surface area contributed by atoms with Gasteiger partial charge in [-0.05, 0) is 13.8 Å². The molecule has 2 heterocycles. The molecule has 10 heavy (non-hydrogen) atoms. The first-order chi connectivity index (χ1) is 4.67. The molecule has 0 spiro atoms. The lowest BCUT2D eigenvalue weighted by Crippen LogP contribution is -2.27. The molecule has 4 heteroatoms. The van der Waals surface area contributed by atoms with Crippen molar-refractivity contribution in [2.24, 2.45) is 0 Å². The van der Waals surface area contributed by atoms with Crippen LogP contribution in [-0.2, 0) is 9.05 Å². The summed E-state index contributed by atoms with van der Waals surface area (Å²) in [6.07, 6.45) is 0. The highest BCUT2D eigenvalue weighted by Gasteiger charge is 2.43. The lowest BCUT2D eigenvalue weighted by molar-refractivity contribution is 0.127. The van der Waals surface area contributed by atoms with Gasteiger partial charge in [-0.25, -0.2) is 4.67 Å². The fourth-order valence-corrected chi connectivity index (χ4v) is 3.04. The van der Waals surface area contributed by atoms with E-state index in [0.717, 1.165) is 19.7 Å². The maximum absolute atomic E-state index is 5.64. The van der Waals surface area contributed by atoms with Crippen molar-refractivity contribution in [2.45, 2.75) is 19.4 Å². The highest BCUT2D eigenvalue weighted by molar-refractivity contribution is 7.45. The third-order valence-corrected chi connectivity index (χ3v) is 3.53. The van der Waals surface area contributed by atoms with Crippen LogP contribution >= 0.6 is 8.53 Å². The second-order valence-electron chi connectivity index (χ2n) is 3.31. The Labute approximate surface area is 62.3 Å². The van der Waals surface area contributed by atoms with Crippen LogP contribution in [0.25, 0.3) is 0 Å². The van der Waals surface area contributed by atoms with Crippen LogP contribution in [0.2, 0.25) is 0 Å². The van der Waals surface area contributed by atoms with Gasteiger partial charge in [0.05, 0.1) is 12.2 Å². The predicted octanol–water partition coefficient (Wildman–Crippen LogP) is 1.35. The van der Waals surface area contributed by atoms with Gasteiger partial charge < -0.3 is 9.05 Å². The predicted molar refractivity (Wildman–Crippen MR) is 39.6 cm³/mol. The molecule has 0 saturated carbocycles. The van der Waals surface area contributed by atoms with Crippen LogP contribution in [-0.4, -0.2) is 30.0 Å². The molecule has 0 aromatic carbocycles. The Morgan fingerprint density at radius 1 is 1.50 bits per heavy atom. The summed E-state index contributed by atoms with van der Waals surface area (Å²) in [6, 6.07) is 0. The fraction of sp³-hybridized carbons (Fsp3) is 1.00. The van der Waals surface area contributed by atoms with Gasteiger partial charge in [-0.15, -0.1) is 0 Å². The van der Waals surface area contributed by atoms with Crippen LogP contribution < -0.4 is 0 Å². The average molecular weight is 161 g/mol. The minimum atomic E-state index is -0.648. The molecule has 2 rings (SSSR count). The topological polar surface area (TPSA) is 21.7 Å². The Morgan fingerprint density at radius 2 is 2.30 bits per heavy atom. The maximum Gasteiger partial charge on any atom is 0.259 e. The van der Waals surface area contributed by atoms with E-state index in [4.69, 9.17) is 9.05 Å². The number of rotatable bonds is 0. The molecule has 1 atom stereocenters. The molecule has 1 unspecified atom stereocenters. The number of fused-ring (bicyclic) bond motifs is 1. The van der Waals surface area contributed by atoms with E-state index < -0.39 is 8.53 Å². The largest absolute Gasteiger partial charge is 0.321 e. The van der Waals surface area contributed by atoms with Crippen LogP contribution in [0.3, 0.4) is 0 Å². The Balaban J connectivity index is 2.07. The molecular formula is C6H12NO2P. The molecule has 2 aliphatic heterocycles. The van der Waals surface area contributed by atoms with Gasteiger partial charge in [0, 0.05) is 13.1 Å². The van der Waals surface area contributed by atoms with E-state index in [1.165, 1.54) is 0 Å². The highest BCUT2D eigenvalue weighted by Crippen LogP contribution is 2.55. The normalized spacial score (nSPS) is 38.4. The molecule has 0 aromatic rings. The molecule has 0 aromatic heterocycles. The SMILES string of the molecule is CC1(C)CN2CCOP2O1. The minimum absolute atomic E-state index is 0.0200. The van der Waals surface area contributed by atoms with E-state index >= 15 is 0 Å². The molecule has 3 nitrogen and oxygen atoms in total. The summed E-state index contributed by atoms with van der Waals surface area (Å²) < 4.78 is 13.3. The van der Waals surface area contributed by atoms with Gasteiger partial charge in [-0.3, -0.25) is 0 Å². The second-order valence-corrected chi connectivity index (χ2v) is 4.79. The molecule has 0 bridgehead atoms. The van der Waals surface area contributed by atoms with Gasteiger partial charge in [-0.2, -0.15) is 0 Å². The zero-order chi connectivity index (χ0) is 7.19. The lowest BCUT2D eigenvalue weighted by Gasteiger charge is -2.15. The first-order valence-electron chi connectivity index (χ1n) is 3.54. The van der Waals surface area contributed by atoms with Gasteiger partial charge in [0.25, 0.3) is 8.53 Å². The fourth-order valence-electron chi connectivity index (χ4n) is 1.29. The van der Waals surface area contributed by atoms with Crippen molar-refractivity contribution in [3.63, 3.8) is 0 Å². The summed E-state index contributed by atoms with van der Waals surface area (Å²) >= 11 is 0. The van der Waals surface area contributed by atoms with Crippen LogP contribution in [0.4, 0.5) is 0 Å². The van der Waals surface area contributed by atoms with E-state index in [1.54, 1.807) is 0 Å². The standard InChI is InChI=1S/C6H12NO2P/c1-6(2)5-7-3-4-8-10(7)9-6/h3-5H2,1-2H3. The summed E-state index contributed by atoms with van der Waals surface area (Å²) in [6.45, 7) is 7.14. The second kappa shape index (κ2) is 2.15. The monoisotopic (exact) mass is 161 g/mol. The van der Waals surface area contributed by atoms with Crippen molar-refractivity contribution in [1.82, 2.24) is 4.67 Å². The van der Waals surface area contributed by atoms with E-state index in [-0.39, 0.29) is 5.60 Å². The smallest absolute Gasteiger partial charge is 0.259 e. The van der Waals surface area contributed by atoms with Crippen molar-refractivity contribution in [1.29, 1.82) is 0 Å². The van der Waals surface area contributed by atoms with Crippen molar-refractivity contribution < 1.29 is 9.05 Å². The summed E-state index contributed by atoms with van der Waals surface area (Å²) in [5.74, 6) is 0. The summed E-state index contributed by atoms with van der Waals surface area (Å²) in [5.41, 5.74) is 0.0200. The first kappa shape index (κ1) is 6.99. The van der Waals surface area contributed by atoms with Crippen molar-refractivity contribution >= 4 is 8.53 Å². The first-order valence-corrected chi connectivity index (χ1v) is 4.67. The van der Waals surface area contributed by atoms with Gasteiger partial charge >= 0.3 is 0 Å². The van der Waals surface area contributed by atoms with Crippen molar-refractivity contribution in [2.75, 3.05) is 19.7 Å². The van der Waals surface area contributed by atoms with Gasteiger partial charge in [-0.1, -0.05) is 0 Å². The van der Waals surface area contributed by atoms with Crippen LogP contribution in [0.5, 0.6) is 0 Å². The Hall–Kier alpha value is 0.310. The molecule has 0 aliphatic carbocycles. The summed E-state index contributed by atoms with van der Waals surface area (Å²) in [5, 5.41) is 0. The van der Waals surface area contributed by atoms with Crippen LogP contribution in [0.1, 0.15) is 13.8 Å². The molecule has 2 fully saturated rings. The Kier molecular flexibility index (Phi) is 1.50. The molecule has 0 radical (unpaired) electrons. The van der Waals surface area contributed by atoms with Crippen molar-refractivity contribution in [3.05, 3.63) is 0 Å². The molecular weight excluding hydrogens is 149 g/mol. The van der Waals surface area contributed by atoms with E-state index in [1.807, 2.05) is 0 Å². The zero-order valence-electron chi connectivity index (χ0n) is 6.33. The Morgan fingerprint density at radius 3 is 3.00 bits per heavy atom. The van der Waals surface area contributed by atoms with Gasteiger partial charge in [0.2, 0.25) is 0 Å². The average Bonchev–Trinajstić information content (AvgIpc) is 2.20. The van der Waals surface area contributed by atoms with E-state index in [2.05, 4.69) is 18.5 Å². The van der Waals surface area contributed by atoms with Gasteiger partial charge in [0.1, 0.15) is 0 Å². The molecule has 2 saturated heterocycles. The lowest BCUT2D eigenvalue weighted by atomic mass is 10.1. The van der Waals surface area contributed by atoms with Crippen molar-refractivity contribution in [3.8, 4) is 0 Å². The zero-order valence-corrected chi connectivity index (χ0v) is 7.23. The molecule has 0 N–H and O–H groups in total. The van der Waals surface area contributed by atoms with Gasteiger partial charge in [0.15, 0.2) is 0 Å². The maximum atomic E-state index is 5.64. The summed E-state index contributed by atoms with van der Waals surface area (Å²) in [4.78, 5) is 0.